The minimum atomic E-state index is -1.37. The van der Waals surface area contributed by atoms with Crippen LogP contribution >= 0.6 is 69.6 Å². The molecule has 0 spiro atoms. The molecule has 0 saturated heterocycles. The first-order valence-corrected chi connectivity index (χ1v) is 10.8. The van der Waals surface area contributed by atoms with E-state index in [2.05, 4.69) is 0 Å². The van der Waals surface area contributed by atoms with Gasteiger partial charge in [0, 0.05) is 11.1 Å². The normalized spacial score (nSPS) is 11.9. The highest BCUT2D eigenvalue weighted by Gasteiger charge is 2.32. The summed E-state index contributed by atoms with van der Waals surface area (Å²) in [4.78, 5) is 22.5. The van der Waals surface area contributed by atoms with Gasteiger partial charge < -0.3 is 0 Å². The summed E-state index contributed by atoms with van der Waals surface area (Å²) in [7, 11) is 0. The quantitative estimate of drug-likeness (QED) is 0.245. The van der Waals surface area contributed by atoms with E-state index in [1.54, 1.807) is 72.8 Å². The van der Waals surface area contributed by atoms with Gasteiger partial charge in [0.25, 0.3) is 10.5 Å². The molecule has 30 heavy (non-hydrogen) atoms. The number of alkyl halides is 4. The number of rotatable bonds is 6. The lowest BCUT2D eigenvalue weighted by Gasteiger charge is -2.24. The summed E-state index contributed by atoms with van der Waals surface area (Å²) in [6.45, 7) is 0. The van der Waals surface area contributed by atoms with Gasteiger partial charge in [0.1, 0.15) is 0 Å². The summed E-state index contributed by atoms with van der Waals surface area (Å²) >= 11 is 37.3. The molecule has 0 amide bonds. The van der Waals surface area contributed by atoms with E-state index in [9.17, 15) is 9.59 Å². The van der Waals surface area contributed by atoms with Gasteiger partial charge in [-0.25, -0.2) is 0 Å². The monoisotopic (exact) mass is 518 g/mol. The van der Waals surface area contributed by atoms with Crippen molar-refractivity contribution in [2.24, 2.45) is 0 Å². The Morgan fingerprint density at radius 2 is 0.667 bits per heavy atom. The predicted molar refractivity (Wildman–Crippen MR) is 125 cm³/mol. The Kier molecular flexibility index (Phi) is 7.08. The van der Waals surface area contributed by atoms with E-state index in [1.165, 1.54) is 0 Å². The molecule has 0 aliphatic heterocycles. The van der Waals surface area contributed by atoms with Crippen LogP contribution in [0.25, 0.3) is 0 Å². The fraction of sp³-hybridized carbons (Fsp3) is 0.0909. The third-order valence-corrected chi connectivity index (χ3v) is 6.74. The molecule has 3 aromatic carbocycles. The van der Waals surface area contributed by atoms with Gasteiger partial charge in [0.2, 0.25) is 0 Å². The van der Waals surface area contributed by atoms with E-state index in [-0.39, 0.29) is 0 Å². The second kappa shape index (κ2) is 9.08. The van der Waals surface area contributed by atoms with Gasteiger partial charge in [0.05, 0.1) is 0 Å². The lowest BCUT2D eigenvalue weighted by atomic mass is 9.98. The van der Waals surface area contributed by atoms with Crippen molar-refractivity contribution in [3.63, 3.8) is 0 Å². The Morgan fingerprint density at radius 1 is 0.467 bits per heavy atom. The van der Waals surface area contributed by atoms with Crippen LogP contribution in [0, 0.1) is 0 Å². The maximum atomic E-state index is 11.2. The maximum absolute atomic E-state index is 11.2. The molecule has 0 aromatic heterocycles. The third-order valence-electron chi connectivity index (χ3n) is 4.56. The number of halogens is 6. The van der Waals surface area contributed by atoms with E-state index < -0.39 is 19.2 Å². The van der Waals surface area contributed by atoms with Crippen LogP contribution in [0.2, 0.25) is 0 Å². The summed E-state index contributed by atoms with van der Waals surface area (Å²) in [5, 5.41) is -1.13. The lowest BCUT2D eigenvalue weighted by molar-refractivity contribution is 0.107. The van der Waals surface area contributed by atoms with Gasteiger partial charge in [-0.1, -0.05) is 94.9 Å². The molecular weight excluding hydrogens is 509 g/mol. The highest BCUT2D eigenvalue weighted by molar-refractivity contribution is 6.68. The molecule has 3 rings (SSSR count). The Hall–Kier alpha value is -1.26. The van der Waals surface area contributed by atoms with Crippen molar-refractivity contribution in [1.29, 1.82) is 0 Å². The second-order valence-electron chi connectivity index (χ2n) is 6.43. The molecule has 0 fully saturated rings. The van der Waals surface area contributed by atoms with Crippen molar-refractivity contribution in [2.75, 3.05) is 0 Å². The largest absolute Gasteiger partial charge is 0.276 e. The van der Waals surface area contributed by atoms with Crippen LogP contribution in [0.4, 0.5) is 0 Å². The van der Waals surface area contributed by atoms with E-state index in [1.807, 2.05) is 0 Å². The third kappa shape index (κ3) is 4.80. The zero-order valence-corrected chi connectivity index (χ0v) is 19.5. The van der Waals surface area contributed by atoms with Gasteiger partial charge in [0.15, 0.2) is 8.67 Å². The van der Waals surface area contributed by atoms with Crippen molar-refractivity contribution < 1.29 is 9.59 Å². The summed E-state index contributed by atoms with van der Waals surface area (Å²) in [5.41, 5.74) is 3.01. The van der Waals surface area contributed by atoms with Gasteiger partial charge >= 0.3 is 0 Å². The fourth-order valence-corrected chi connectivity index (χ4v) is 4.10. The number of carbonyl (C=O) groups is 2. The van der Waals surface area contributed by atoms with Crippen LogP contribution in [0.1, 0.15) is 43.0 Å². The average Bonchev–Trinajstić information content (AvgIpc) is 2.74. The molecule has 3 aromatic rings. The molecule has 0 N–H and O–H groups in total. The Labute approximate surface area is 203 Å². The summed E-state index contributed by atoms with van der Waals surface area (Å²) < 4.78 is -2.73. The van der Waals surface area contributed by atoms with E-state index >= 15 is 0 Å². The maximum Gasteiger partial charge on any atom is 0.252 e. The standard InChI is InChI=1S/C22H12Cl6O2/c23-19(29)13-1-5-15(6-2-13)21(25,26)17-9-11-18(12-10-17)22(27,28)16-7-3-14(4-8-16)20(24)30/h1-12H. The van der Waals surface area contributed by atoms with Crippen molar-refractivity contribution >= 4 is 80.1 Å². The number of hydrogen-bond donors (Lipinski definition) is 0. The van der Waals surface area contributed by atoms with Gasteiger partial charge in [-0.3, -0.25) is 9.59 Å². The SMILES string of the molecule is O=C(Cl)c1ccc(C(Cl)(Cl)c2ccc(C(Cl)(Cl)c3ccc(C(=O)Cl)cc3)cc2)cc1. The van der Waals surface area contributed by atoms with Crippen LogP contribution in [0.3, 0.4) is 0 Å². The van der Waals surface area contributed by atoms with Crippen LogP contribution in [-0.4, -0.2) is 10.5 Å². The van der Waals surface area contributed by atoms with Crippen molar-refractivity contribution in [1.82, 2.24) is 0 Å². The Bertz CT molecular complexity index is 984. The smallest absolute Gasteiger partial charge is 0.252 e. The van der Waals surface area contributed by atoms with E-state index in [0.29, 0.717) is 33.4 Å². The van der Waals surface area contributed by atoms with Gasteiger partial charge in [-0.2, -0.15) is 0 Å². The van der Waals surface area contributed by atoms with E-state index in [4.69, 9.17) is 69.6 Å². The molecule has 0 heterocycles. The first-order chi connectivity index (χ1) is 14.0. The molecule has 0 aliphatic rings. The highest BCUT2D eigenvalue weighted by atomic mass is 35.5. The number of hydrogen-bond acceptors (Lipinski definition) is 2. The van der Waals surface area contributed by atoms with E-state index in [0.717, 1.165) is 0 Å². The van der Waals surface area contributed by atoms with Crippen molar-refractivity contribution in [3.8, 4) is 0 Å². The molecule has 0 unspecified atom stereocenters. The first kappa shape index (κ1) is 23.4. The van der Waals surface area contributed by atoms with Gasteiger partial charge in [-0.05, 0) is 69.7 Å². The summed E-state index contributed by atoms with van der Waals surface area (Å²) in [5.74, 6) is 0. The van der Waals surface area contributed by atoms with Crippen LogP contribution < -0.4 is 0 Å². The second-order valence-corrected chi connectivity index (χ2v) is 9.77. The topological polar surface area (TPSA) is 34.1 Å². The molecule has 0 atom stereocenters. The Balaban J connectivity index is 1.88. The zero-order chi connectivity index (χ0) is 22.1. The zero-order valence-electron chi connectivity index (χ0n) is 15.0. The fourth-order valence-electron chi connectivity index (χ4n) is 2.84. The van der Waals surface area contributed by atoms with Crippen molar-refractivity contribution in [2.45, 2.75) is 8.67 Å². The molecule has 0 bridgehead atoms. The molecule has 0 aliphatic carbocycles. The molecule has 0 saturated carbocycles. The number of benzene rings is 3. The van der Waals surface area contributed by atoms with Crippen LogP contribution in [0.5, 0.6) is 0 Å². The molecule has 2 nitrogen and oxygen atoms in total. The Morgan fingerprint density at radius 3 is 0.867 bits per heavy atom. The summed E-state index contributed by atoms with van der Waals surface area (Å²) in [6.07, 6.45) is 0. The minimum Gasteiger partial charge on any atom is -0.276 e. The van der Waals surface area contributed by atoms with Crippen LogP contribution in [-0.2, 0) is 8.67 Å². The first-order valence-electron chi connectivity index (χ1n) is 8.51. The average molecular weight is 521 g/mol. The summed E-state index contributed by atoms with van der Waals surface area (Å²) in [6, 6.07) is 19.6. The molecule has 0 radical (unpaired) electrons. The molecular formula is C22H12Cl6O2. The van der Waals surface area contributed by atoms with Gasteiger partial charge in [-0.15, -0.1) is 0 Å². The number of carbonyl (C=O) groups excluding carboxylic acids is 2. The van der Waals surface area contributed by atoms with Crippen molar-refractivity contribution in [3.05, 3.63) is 106 Å². The lowest BCUT2D eigenvalue weighted by Crippen LogP contribution is -2.15. The molecule has 154 valence electrons. The minimum absolute atomic E-state index is 0.343. The molecule has 8 heteroatoms. The predicted octanol–water partition coefficient (Wildman–Crippen LogP) is 7.80. The highest BCUT2D eigenvalue weighted by Crippen LogP contribution is 2.44. The van der Waals surface area contributed by atoms with Crippen LogP contribution in [0.15, 0.2) is 72.8 Å².